The third-order valence-corrected chi connectivity index (χ3v) is 14.8. The zero-order chi connectivity index (χ0) is 33.8. The molecule has 0 saturated heterocycles. The molecule has 0 spiro atoms. The fourth-order valence-electron chi connectivity index (χ4n) is 10.1. The molecule has 8 unspecified atom stereocenters. The Morgan fingerprint density at radius 2 is 1.57 bits per heavy atom. The third-order valence-electron chi connectivity index (χ3n) is 11.8. The Kier molecular flexibility index (Phi) is 10.2. The molecule has 0 N–H and O–H groups in total. The third kappa shape index (κ3) is 7.39. The highest BCUT2D eigenvalue weighted by molar-refractivity contribution is 6.70. The minimum atomic E-state index is -2.10. The summed E-state index contributed by atoms with van der Waals surface area (Å²) in [6.45, 7) is 26.0. The van der Waals surface area contributed by atoms with Crippen LogP contribution in [-0.2, 0) is 29.5 Å². The molecule has 0 aliphatic heterocycles. The molecule has 9 heteroatoms. The van der Waals surface area contributed by atoms with Crippen molar-refractivity contribution in [2.24, 2.45) is 39.7 Å². The van der Waals surface area contributed by atoms with Gasteiger partial charge < -0.3 is 18.1 Å². The number of ketones is 1. The topological polar surface area (TPSA) is 66.4 Å². The van der Waals surface area contributed by atoms with Gasteiger partial charge in [-0.15, -0.1) is 0 Å². The van der Waals surface area contributed by atoms with E-state index in [0.717, 1.165) is 49.8 Å². The first-order chi connectivity index (χ1) is 21.3. The molecule has 0 radical (unpaired) electrons. The van der Waals surface area contributed by atoms with E-state index in [1.807, 2.05) is 18.2 Å². The van der Waals surface area contributed by atoms with Gasteiger partial charge in [-0.1, -0.05) is 49.3 Å². The number of fused-ring (bicyclic) bond motifs is 5. The number of carbonyl (C=O) groups is 1. The lowest BCUT2D eigenvalue weighted by atomic mass is 9.44. The standard InChI is InChI=1S/C37H63NO5Si3/c1-35-21-19-29(42-45(6,7)8)23-28(35)17-18-30-31-20-22-37(43-46(9,10)11,36(31,2)24-32(39)34(30)35)33(26-41-44(3,4)5)38-40-25-27-15-13-12-14-16-27/h12-16,28-31,34H,17-26H2,1-11H3/b38-33+. The molecule has 0 bridgehead atoms. The Balaban J connectivity index is 1.49. The van der Waals surface area contributed by atoms with Crippen LogP contribution in [0.1, 0.15) is 70.8 Å². The Bertz CT molecular complexity index is 1270. The van der Waals surface area contributed by atoms with Gasteiger partial charge in [0.05, 0.1) is 6.61 Å². The fraction of sp³-hybridized carbons (Fsp3) is 0.784. The van der Waals surface area contributed by atoms with E-state index in [9.17, 15) is 4.79 Å². The summed E-state index contributed by atoms with van der Waals surface area (Å²) in [5.41, 5.74) is 0.957. The molecule has 4 fully saturated rings. The number of benzene rings is 1. The van der Waals surface area contributed by atoms with E-state index in [1.54, 1.807) is 0 Å². The van der Waals surface area contributed by atoms with Crippen molar-refractivity contribution in [2.75, 3.05) is 6.61 Å². The van der Waals surface area contributed by atoms with Crippen LogP contribution in [0.25, 0.3) is 0 Å². The summed E-state index contributed by atoms with van der Waals surface area (Å²) >= 11 is 0. The first-order valence-corrected chi connectivity index (χ1v) is 28.3. The number of hydrogen-bond donors (Lipinski definition) is 0. The van der Waals surface area contributed by atoms with E-state index >= 15 is 0 Å². The molecule has 0 heterocycles. The van der Waals surface area contributed by atoms with Gasteiger partial charge >= 0.3 is 0 Å². The Labute approximate surface area is 283 Å². The average molecular weight is 686 g/mol. The fourth-order valence-corrected chi connectivity index (χ4v) is 13.4. The summed E-state index contributed by atoms with van der Waals surface area (Å²) in [6, 6.07) is 10.2. The second-order valence-corrected chi connectivity index (χ2v) is 31.9. The van der Waals surface area contributed by atoms with E-state index in [0.29, 0.717) is 49.3 Å². The summed E-state index contributed by atoms with van der Waals surface area (Å²) in [7, 11) is -5.58. The molecule has 4 aliphatic carbocycles. The Hall–Kier alpha value is -1.11. The van der Waals surface area contributed by atoms with Crippen LogP contribution in [-0.4, -0.2) is 54.8 Å². The molecule has 6 nitrogen and oxygen atoms in total. The van der Waals surface area contributed by atoms with Crippen LogP contribution in [0.2, 0.25) is 58.9 Å². The molecular weight excluding hydrogens is 623 g/mol. The molecule has 4 aliphatic rings. The molecule has 46 heavy (non-hydrogen) atoms. The van der Waals surface area contributed by atoms with Crippen molar-refractivity contribution in [3.63, 3.8) is 0 Å². The van der Waals surface area contributed by atoms with E-state index in [1.165, 1.54) is 6.42 Å². The highest BCUT2D eigenvalue weighted by Gasteiger charge is 2.70. The molecule has 4 saturated carbocycles. The lowest BCUT2D eigenvalue weighted by Crippen LogP contribution is -2.64. The largest absolute Gasteiger partial charge is 0.415 e. The number of rotatable bonds is 11. The van der Waals surface area contributed by atoms with Crippen LogP contribution in [0.15, 0.2) is 35.5 Å². The zero-order valence-corrected chi connectivity index (χ0v) is 33.8. The van der Waals surface area contributed by atoms with Gasteiger partial charge in [-0.25, -0.2) is 0 Å². The van der Waals surface area contributed by atoms with Gasteiger partial charge in [-0.3, -0.25) is 4.79 Å². The first-order valence-electron chi connectivity index (χ1n) is 18.0. The van der Waals surface area contributed by atoms with Crippen molar-refractivity contribution in [1.29, 1.82) is 0 Å². The van der Waals surface area contributed by atoms with E-state index in [4.69, 9.17) is 23.3 Å². The number of carbonyl (C=O) groups excluding carboxylic acids is 1. The van der Waals surface area contributed by atoms with Crippen molar-refractivity contribution in [2.45, 2.75) is 142 Å². The van der Waals surface area contributed by atoms with Gasteiger partial charge in [-0.2, -0.15) is 0 Å². The van der Waals surface area contributed by atoms with Gasteiger partial charge in [0.1, 0.15) is 23.7 Å². The summed E-state index contributed by atoms with van der Waals surface area (Å²) in [5, 5.41) is 4.93. The van der Waals surface area contributed by atoms with E-state index in [2.05, 4.69) is 84.9 Å². The number of hydrogen-bond acceptors (Lipinski definition) is 6. The number of Topliss-reactive ketones (excluding diaryl/α,β-unsaturated/α-hetero) is 1. The molecular formula is C37H63NO5Si3. The maximum absolute atomic E-state index is 14.8. The van der Waals surface area contributed by atoms with Gasteiger partial charge in [0.2, 0.25) is 0 Å². The first kappa shape index (κ1) is 36.2. The molecule has 5 rings (SSSR count). The Morgan fingerprint density at radius 1 is 0.870 bits per heavy atom. The second-order valence-electron chi connectivity index (χ2n) is 18.5. The monoisotopic (exact) mass is 685 g/mol. The SMILES string of the molecule is CC12CCC(O[Si](C)(C)C)CC1CCC1C2C(=O)CC2(C)C1CCC2(O[Si](C)(C)C)/C(CO[Si](C)(C)C)=N/OCc1ccccc1. The minimum Gasteiger partial charge on any atom is -0.415 e. The normalized spacial score (nSPS) is 37.0. The number of nitrogens with zero attached hydrogens (tertiary/aromatic N) is 1. The highest BCUT2D eigenvalue weighted by atomic mass is 28.4. The van der Waals surface area contributed by atoms with Crippen LogP contribution >= 0.6 is 0 Å². The van der Waals surface area contributed by atoms with Crippen LogP contribution in [0.5, 0.6) is 0 Å². The minimum absolute atomic E-state index is 0.0577. The summed E-state index contributed by atoms with van der Waals surface area (Å²) in [4.78, 5) is 20.9. The summed E-state index contributed by atoms with van der Waals surface area (Å²) in [6.07, 6.45) is 8.46. The summed E-state index contributed by atoms with van der Waals surface area (Å²) < 4.78 is 20.6. The lowest BCUT2D eigenvalue weighted by Gasteiger charge is -2.61. The van der Waals surface area contributed by atoms with Crippen molar-refractivity contribution in [3.8, 4) is 0 Å². The zero-order valence-electron chi connectivity index (χ0n) is 30.8. The Morgan fingerprint density at radius 3 is 2.20 bits per heavy atom. The second kappa shape index (κ2) is 13.0. The van der Waals surface area contributed by atoms with Gasteiger partial charge in [0, 0.05) is 23.9 Å². The maximum atomic E-state index is 14.8. The molecule has 0 amide bonds. The predicted molar refractivity (Wildman–Crippen MR) is 195 cm³/mol. The van der Waals surface area contributed by atoms with Gasteiger partial charge in [0.15, 0.2) is 25.0 Å². The number of oxime groups is 1. The van der Waals surface area contributed by atoms with Crippen LogP contribution in [0.4, 0.5) is 0 Å². The van der Waals surface area contributed by atoms with Crippen molar-refractivity contribution in [3.05, 3.63) is 35.9 Å². The maximum Gasteiger partial charge on any atom is 0.185 e. The van der Waals surface area contributed by atoms with Gasteiger partial charge in [0.25, 0.3) is 0 Å². The highest BCUT2D eigenvalue weighted by Crippen LogP contribution is 2.68. The molecule has 258 valence electrons. The van der Waals surface area contributed by atoms with Crippen LogP contribution in [0, 0.1) is 34.5 Å². The lowest BCUT2D eigenvalue weighted by molar-refractivity contribution is -0.166. The van der Waals surface area contributed by atoms with Crippen molar-refractivity contribution in [1.82, 2.24) is 0 Å². The quantitative estimate of drug-likeness (QED) is 0.132. The van der Waals surface area contributed by atoms with Crippen LogP contribution < -0.4 is 0 Å². The molecule has 1 aromatic rings. The molecule has 1 aromatic carbocycles. The molecule has 8 atom stereocenters. The smallest absolute Gasteiger partial charge is 0.185 e. The molecule has 0 aromatic heterocycles. The van der Waals surface area contributed by atoms with Crippen molar-refractivity contribution >= 4 is 36.4 Å². The van der Waals surface area contributed by atoms with E-state index in [-0.39, 0.29) is 16.7 Å². The van der Waals surface area contributed by atoms with Crippen LogP contribution in [0.3, 0.4) is 0 Å². The van der Waals surface area contributed by atoms with E-state index < -0.39 is 30.6 Å². The van der Waals surface area contributed by atoms with Gasteiger partial charge in [-0.05, 0) is 133 Å². The van der Waals surface area contributed by atoms with Crippen molar-refractivity contribution < 1.29 is 22.9 Å². The average Bonchev–Trinajstić information content (AvgIpc) is 3.20. The summed E-state index contributed by atoms with van der Waals surface area (Å²) in [5.74, 6) is 1.95. The predicted octanol–water partition coefficient (Wildman–Crippen LogP) is 9.44.